The number of rotatable bonds is 9. The van der Waals surface area contributed by atoms with E-state index in [-0.39, 0.29) is 12.4 Å². The van der Waals surface area contributed by atoms with E-state index in [1.165, 1.54) is 13.0 Å². The molecule has 5 heteroatoms. The lowest BCUT2D eigenvalue weighted by Gasteiger charge is -2.32. The van der Waals surface area contributed by atoms with Gasteiger partial charge >= 0.3 is 0 Å². The van der Waals surface area contributed by atoms with E-state index >= 15 is 0 Å². The Morgan fingerprint density at radius 1 is 1.27 bits per heavy atom. The van der Waals surface area contributed by atoms with Gasteiger partial charge in [-0.2, -0.15) is 5.26 Å². The third-order valence-corrected chi connectivity index (χ3v) is 4.46. The largest absolute Gasteiger partial charge is 0.392 e. The van der Waals surface area contributed by atoms with Gasteiger partial charge in [0.15, 0.2) is 0 Å². The van der Waals surface area contributed by atoms with Gasteiger partial charge in [0.05, 0.1) is 24.1 Å². The molecule has 0 amide bonds. The molecular weight excluding hydrogens is 331 g/mol. The molecule has 0 radical (unpaired) electrons. The summed E-state index contributed by atoms with van der Waals surface area (Å²) in [5.74, 6) is -0.346. The van der Waals surface area contributed by atoms with Crippen LogP contribution in [0.5, 0.6) is 0 Å². The summed E-state index contributed by atoms with van der Waals surface area (Å²) in [6.07, 6.45) is 5.01. The molecule has 0 bridgehead atoms. The van der Waals surface area contributed by atoms with Gasteiger partial charge < -0.3 is 15.1 Å². The predicted octanol–water partition coefficient (Wildman–Crippen LogP) is 3.79. The SMILES string of the molecule is CC(F)=CC=C(C)C(O)(CCCCN(C)C)c1ccc(C#N)cc1CO. The first-order chi connectivity index (χ1) is 12.2. The first kappa shape index (κ1) is 22.0. The van der Waals surface area contributed by atoms with Crippen molar-refractivity contribution in [3.05, 3.63) is 58.4 Å². The van der Waals surface area contributed by atoms with Crippen LogP contribution in [-0.2, 0) is 12.2 Å². The van der Waals surface area contributed by atoms with Gasteiger partial charge in [-0.05, 0) is 88.7 Å². The fourth-order valence-electron chi connectivity index (χ4n) is 2.93. The summed E-state index contributed by atoms with van der Waals surface area (Å²) in [4.78, 5) is 2.08. The summed E-state index contributed by atoms with van der Waals surface area (Å²) in [7, 11) is 3.99. The lowest BCUT2D eigenvalue weighted by molar-refractivity contribution is 0.0607. The van der Waals surface area contributed by atoms with Gasteiger partial charge in [-0.15, -0.1) is 0 Å². The summed E-state index contributed by atoms with van der Waals surface area (Å²) in [6, 6.07) is 6.94. The lowest BCUT2D eigenvalue weighted by atomic mass is 9.79. The van der Waals surface area contributed by atoms with Gasteiger partial charge in [0, 0.05) is 0 Å². The highest BCUT2D eigenvalue weighted by Crippen LogP contribution is 2.37. The third kappa shape index (κ3) is 6.06. The minimum Gasteiger partial charge on any atom is -0.392 e. The van der Waals surface area contributed by atoms with Crippen LogP contribution < -0.4 is 0 Å². The van der Waals surface area contributed by atoms with Crippen molar-refractivity contribution < 1.29 is 14.6 Å². The highest BCUT2D eigenvalue weighted by molar-refractivity contribution is 5.44. The molecule has 1 unspecified atom stereocenters. The lowest BCUT2D eigenvalue weighted by Crippen LogP contribution is -2.29. The maximum absolute atomic E-state index is 13.1. The average molecular weight is 360 g/mol. The number of nitrogens with zero attached hydrogens (tertiary/aromatic N) is 2. The molecule has 1 aromatic carbocycles. The zero-order valence-corrected chi connectivity index (χ0v) is 16.1. The predicted molar refractivity (Wildman–Crippen MR) is 102 cm³/mol. The van der Waals surface area contributed by atoms with E-state index in [4.69, 9.17) is 5.26 Å². The van der Waals surface area contributed by atoms with Crippen LogP contribution in [0, 0.1) is 11.3 Å². The molecule has 0 aliphatic carbocycles. The number of unbranched alkanes of at least 4 members (excludes halogenated alkanes) is 1. The summed E-state index contributed by atoms with van der Waals surface area (Å²) in [6.45, 7) is 3.73. The van der Waals surface area contributed by atoms with Gasteiger partial charge in [-0.25, -0.2) is 4.39 Å². The van der Waals surface area contributed by atoms with Crippen LogP contribution in [0.3, 0.4) is 0 Å². The Kier molecular flexibility index (Phi) is 8.67. The zero-order valence-electron chi connectivity index (χ0n) is 16.1. The Bertz CT molecular complexity index is 700. The summed E-state index contributed by atoms with van der Waals surface area (Å²) < 4.78 is 13.1. The second-order valence-corrected chi connectivity index (χ2v) is 6.87. The van der Waals surface area contributed by atoms with Crippen molar-refractivity contribution in [2.24, 2.45) is 0 Å². The van der Waals surface area contributed by atoms with Crippen molar-refractivity contribution in [2.45, 2.75) is 45.3 Å². The molecule has 0 heterocycles. The molecule has 1 rings (SSSR count). The molecule has 0 fully saturated rings. The highest BCUT2D eigenvalue weighted by atomic mass is 19.1. The fraction of sp³-hybridized carbons (Fsp3) is 0.476. The maximum atomic E-state index is 13.1. The molecule has 4 nitrogen and oxygen atoms in total. The molecule has 0 aromatic heterocycles. The molecule has 2 N–H and O–H groups in total. The highest BCUT2D eigenvalue weighted by Gasteiger charge is 2.32. The molecule has 0 aliphatic rings. The van der Waals surface area contributed by atoms with Gasteiger partial charge in [0.2, 0.25) is 0 Å². The van der Waals surface area contributed by atoms with Crippen LogP contribution >= 0.6 is 0 Å². The van der Waals surface area contributed by atoms with Crippen LogP contribution in [0.1, 0.15) is 49.8 Å². The van der Waals surface area contributed by atoms with Crippen molar-refractivity contribution >= 4 is 0 Å². The van der Waals surface area contributed by atoms with Crippen LogP contribution in [0.4, 0.5) is 4.39 Å². The van der Waals surface area contributed by atoms with Crippen LogP contribution in [0.25, 0.3) is 0 Å². The molecule has 0 spiro atoms. The number of aliphatic hydroxyl groups excluding tert-OH is 1. The second kappa shape index (κ2) is 10.2. The van der Waals surface area contributed by atoms with E-state index < -0.39 is 5.60 Å². The minimum absolute atomic E-state index is 0.282. The maximum Gasteiger partial charge on any atom is 0.111 e. The Balaban J connectivity index is 3.29. The van der Waals surface area contributed by atoms with E-state index in [1.807, 2.05) is 20.2 Å². The van der Waals surface area contributed by atoms with E-state index in [2.05, 4.69) is 4.90 Å². The molecule has 0 aliphatic heterocycles. The van der Waals surface area contributed by atoms with Gasteiger partial charge in [-0.1, -0.05) is 12.1 Å². The minimum atomic E-state index is -1.33. The molecule has 0 saturated heterocycles. The summed E-state index contributed by atoms with van der Waals surface area (Å²) >= 11 is 0. The Morgan fingerprint density at radius 3 is 2.50 bits per heavy atom. The Labute approximate surface area is 155 Å². The van der Waals surface area contributed by atoms with Gasteiger partial charge in [-0.3, -0.25) is 0 Å². The third-order valence-electron chi connectivity index (χ3n) is 4.46. The Morgan fingerprint density at radius 2 is 1.96 bits per heavy atom. The molecule has 142 valence electrons. The molecule has 1 aromatic rings. The standard InChI is InChI=1S/C21H29FN2O2/c1-16(7-8-17(2)22)21(26,11-5-6-12-24(3)4)20-10-9-18(14-23)13-19(20)15-25/h7-10,13,25-26H,5-6,11-12,15H2,1-4H3. The number of aliphatic hydroxyl groups is 2. The van der Waals surface area contributed by atoms with E-state index in [9.17, 15) is 14.6 Å². The summed E-state index contributed by atoms with van der Waals surface area (Å²) in [5, 5.41) is 30.3. The normalized spacial score (nSPS) is 15.0. The number of hydrogen-bond acceptors (Lipinski definition) is 4. The topological polar surface area (TPSA) is 67.5 Å². The van der Waals surface area contributed by atoms with E-state index in [0.717, 1.165) is 19.4 Å². The molecule has 0 saturated carbocycles. The molecule has 26 heavy (non-hydrogen) atoms. The van der Waals surface area contributed by atoms with Crippen molar-refractivity contribution in [3.63, 3.8) is 0 Å². The first-order valence-electron chi connectivity index (χ1n) is 8.77. The van der Waals surface area contributed by atoms with Crippen molar-refractivity contribution in [1.29, 1.82) is 5.26 Å². The van der Waals surface area contributed by atoms with Crippen LogP contribution in [0.15, 0.2) is 41.8 Å². The smallest absolute Gasteiger partial charge is 0.111 e. The Hall–Kier alpha value is -2.00. The monoisotopic (exact) mass is 360 g/mol. The number of halogens is 1. The molecular formula is C21H29FN2O2. The number of allylic oxidation sites excluding steroid dienone is 3. The van der Waals surface area contributed by atoms with Gasteiger partial charge in [0.25, 0.3) is 0 Å². The van der Waals surface area contributed by atoms with Crippen molar-refractivity contribution in [1.82, 2.24) is 4.90 Å². The van der Waals surface area contributed by atoms with Gasteiger partial charge in [0.1, 0.15) is 5.60 Å². The summed E-state index contributed by atoms with van der Waals surface area (Å²) in [5.41, 5.74) is 0.757. The van der Waals surface area contributed by atoms with E-state index in [0.29, 0.717) is 28.7 Å². The number of nitriles is 1. The van der Waals surface area contributed by atoms with E-state index in [1.54, 1.807) is 31.2 Å². The average Bonchev–Trinajstić information content (AvgIpc) is 2.62. The zero-order chi connectivity index (χ0) is 19.7. The molecule has 1 atom stereocenters. The first-order valence-corrected chi connectivity index (χ1v) is 8.77. The van der Waals surface area contributed by atoms with Crippen LogP contribution in [0.2, 0.25) is 0 Å². The van der Waals surface area contributed by atoms with Crippen molar-refractivity contribution in [2.75, 3.05) is 20.6 Å². The fourth-order valence-corrected chi connectivity index (χ4v) is 2.93. The van der Waals surface area contributed by atoms with Crippen LogP contribution in [-0.4, -0.2) is 35.8 Å². The van der Waals surface area contributed by atoms with Crippen molar-refractivity contribution in [3.8, 4) is 6.07 Å². The quantitative estimate of drug-likeness (QED) is 0.519. The number of hydrogen-bond donors (Lipinski definition) is 2. The second-order valence-electron chi connectivity index (χ2n) is 6.87. The number of benzene rings is 1.